The molecule has 3 heteroatoms. The highest BCUT2D eigenvalue weighted by Crippen LogP contribution is 2.19. The van der Waals surface area contributed by atoms with Gasteiger partial charge in [0, 0.05) is 30.6 Å². The third-order valence-corrected chi connectivity index (χ3v) is 2.33. The Bertz CT molecular complexity index is 511. The maximum absolute atomic E-state index is 10.7. The van der Waals surface area contributed by atoms with Crippen molar-refractivity contribution < 1.29 is 9.90 Å². The van der Waals surface area contributed by atoms with Crippen molar-refractivity contribution in [1.82, 2.24) is 4.57 Å². The van der Waals surface area contributed by atoms with Gasteiger partial charge in [-0.3, -0.25) is 0 Å². The summed E-state index contributed by atoms with van der Waals surface area (Å²) in [7, 11) is 1.85. The van der Waals surface area contributed by atoms with Crippen molar-refractivity contribution in [2.45, 2.75) is 0 Å². The summed E-state index contributed by atoms with van der Waals surface area (Å²) < 4.78 is 1.82. The highest BCUT2D eigenvalue weighted by molar-refractivity contribution is 5.94. The summed E-state index contributed by atoms with van der Waals surface area (Å²) in [5.41, 5.74) is 1.85. The highest BCUT2D eigenvalue weighted by atomic mass is 16.4. The molecule has 1 N–H and O–H groups in total. The van der Waals surface area contributed by atoms with Crippen LogP contribution in [0.2, 0.25) is 0 Å². The first-order valence-electron chi connectivity index (χ1n) is 4.18. The lowest BCUT2D eigenvalue weighted by Gasteiger charge is -1.98. The van der Waals surface area contributed by atoms with Crippen molar-refractivity contribution in [2.75, 3.05) is 0 Å². The summed E-state index contributed by atoms with van der Waals surface area (Å²) in [4.78, 5) is 10.7. The molecule has 0 saturated heterocycles. The van der Waals surface area contributed by atoms with Gasteiger partial charge in [0.05, 0.1) is 5.56 Å². The first kappa shape index (κ1) is 8.81. The van der Waals surface area contributed by atoms with Gasteiger partial charge in [-0.15, -0.1) is 0 Å². The molecule has 2 radical (unpaired) electrons. The lowest BCUT2D eigenvalue weighted by Crippen LogP contribution is -1.95. The molecule has 0 atom stereocenters. The number of carboxylic acids is 1. The number of carbonyl (C=O) groups is 1. The van der Waals surface area contributed by atoms with E-state index in [1.54, 1.807) is 24.3 Å². The molecule has 0 aliphatic rings. The quantitative estimate of drug-likeness (QED) is 0.741. The average molecular weight is 187 g/mol. The molecule has 1 aromatic heterocycles. The van der Waals surface area contributed by atoms with E-state index in [4.69, 9.17) is 12.0 Å². The van der Waals surface area contributed by atoms with Crippen LogP contribution < -0.4 is 0 Å². The molecule has 0 unspecified atom stereocenters. The molecule has 1 heterocycles. The van der Waals surface area contributed by atoms with Crippen LogP contribution in [0, 0.1) is 6.92 Å². The lowest BCUT2D eigenvalue weighted by molar-refractivity contribution is 0.0697. The van der Waals surface area contributed by atoms with Gasteiger partial charge in [-0.2, -0.15) is 0 Å². The van der Waals surface area contributed by atoms with Crippen molar-refractivity contribution in [3.63, 3.8) is 0 Å². The van der Waals surface area contributed by atoms with Crippen LogP contribution >= 0.6 is 0 Å². The fourth-order valence-corrected chi connectivity index (χ4v) is 1.50. The summed E-state index contributed by atoms with van der Waals surface area (Å²) in [5.74, 6) is -0.922. The van der Waals surface area contributed by atoms with Gasteiger partial charge in [0.15, 0.2) is 0 Å². The van der Waals surface area contributed by atoms with E-state index in [2.05, 4.69) is 0 Å². The van der Waals surface area contributed by atoms with Gasteiger partial charge < -0.3 is 9.67 Å². The third-order valence-electron chi connectivity index (χ3n) is 2.33. The van der Waals surface area contributed by atoms with Gasteiger partial charge in [0.2, 0.25) is 0 Å². The van der Waals surface area contributed by atoms with E-state index in [0.717, 1.165) is 10.9 Å². The van der Waals surface area contributed by atoms with E-state index in [9.17, 15) is 4.79 Å². The van der Waals surface area contributed by atoms with Gasteiger partial charge in [-0.1, -0.05) is 0 Å². The smallest absolute Gasteiger partial charge is 0.335 e. The van der Waals surface area contributed by atoms with E-state index >= 15 is 0 Å². The molecule has 0 aliphatic carbocycles. The van der Waals surface area contributed by atoms with Crippen LogP contribution in [0.3, 0.4) is 0 Å². The Morgan fingerprint density at radius 2 is 2.14 bits per heavy atom. The number of aryl methyl sites for hydroxylation is 1. The summed E-state index contributed by atoms with van der Waals surface area (Å²) in [6.45, 7) is 5.69. The molecule has 0 spiro atoms. The van der Waals surface area contributed by atoms with E-state index in [1.165, 1.54) is 0 Å². The first-order chi connectivity index (χ1) is 6.59. The Balaban J connectivity index is 2.73. The van der Waals surface area contributed by atoms with E-state index in [0.29, 0.717) is 5.69 Å². The minimum absolute atomic E-state index is 0.281. The van der Waals surface area contributed by atoms with Crippen molar-refractivity contribution in [3.05, 3.63) is 42.4 Å². The van der Waals surface area contributed by atoms with Gasteiger partial charge in [-0.05, 0) is 24.3 Å². The maximum atomic E-state index is 10.7. The molecule has 0 fully saturated rings. The van der Waals surface area contributed by atoms with Crippen LogP contribution in [-0.4, -0.2) is 15.6 Å². The normalized spacial score (nSPS) is 10.7. The Morgan fingerprint density at radius 1 is 1.43 bits per heavy atom. The van der Waals surface area contributed by atoms with Crippen LogP contribution in [0.4, 0.5) is 0 Å². The Hall–Kier alpha value is -1.77. The number of aromatic nitrogens is 1. The van der Waals surface area contributed by atoms with Gasteiger partial charge in [0.1, 0.15) is 0 Å². The lowest BCUT2D eigenvalue weighted by atomic mass is 10.1. The minimum Gasteiger partial charge on any atom is -0.478 e. The fourth-order valence-electron chi connectivity index (χ4n) is 1.50. The fraction of sp³-hybridized carbons (Fsp3) is 0.0909. The van der Waals surface area contributed by atoms with Crippen LogP contribution in [-0.2, 0) is 7.05 Å². The van der Waals surface area contributed by atoms with E-state index in [-0.39, 0.29) is 5.56 Å². The third kappa shape index (κ3) is 1.18. The molecule has 1 aromatic carbocycles. The predicted molar refractivity (Wildman–Crippen MR) is 53.3 cm³/mol. The number of rotatable bonds is 1. The number of aromatic carboxylic acids is 1. The SMILES string of the molecule is [CH]c1cc2cc(C(=O)O)ccc2n1C. The molecule has 14 heavy (non-hydrogen) atoms. The minimum atomic E-state index is -0.922. The van der Waals surface area contributed by atoms with Crippen LogP contribution in [0.15, 0.2) is 24.3 Å². The Kier molecular flexibility index (Phi) is 1.81. The topological polar surface area (TPSA) is 42.2 Å². The molecule has 2 aromatic rings. The van der Waals surface area contributed by atoms with Gasteiger partial charge in [0.25, 0.3) is 0 Å². The summed E-state index contributed by atoms with van der Waals surface area (Å²) in [5, 5.41) is 9.63. The Labute approximate surface area is 81.6 Å². The molecule has 70 valence electrons. The van der Waals surface area contributed by atoms with Crippen molar-refractivity contribution in [1.29, 1.82) is 0 Å². The number of benzene rings is 1. The number of hydrogen-bond acceptors (Lipinski definition) is 1. The molecular weight excluding hydrogens is 178 g/mol. The zero-order chi connectivity index (χ0) is 10.3. The molecule has 0 bridgehead atoms. The summed E-state index contributed by atoms with van der Waals surface area (Å²) >= 11 is 0. The number of carboxylic acid groups (broad SMARTS) is 1. The van der Waals surface area contributed by atoms with Gasteiger partial charge >= 0.3 is 5.97 Å². The number of fused-ring (bicyclic) bond motifs is 1. The van der Waals surface area contributed by atoms with Crippen molar-refractivity contribution in [3.8, 4) is 0 Å². The maximum Gasteiger partial charge on any atom is 0.335 e. The molecular formula is C11H9NO2. The Morgan fingerprint density at radius 3 is 2.79 bits per heavy atom. The number of nitrogens with zero attached hydrogens (tertiary/aromatic N) is 1. The van der Waals surface area contributed by atoms with Crippen LogP contribution in [0.25, 0.3) is 10.9 Å². The molecule has 2 rings (SSSR count). The van der Waals surface area contributed by atoms with E-state index in [1.807, 2.05) is 11.6 Å². The summed E-state index contributed by atoms with van der Waals surface area (Å²) in [6, 6.07) is 6.72. The summed E-state index contributed by atoms with van der Waals surface area (Å²) in [6.07, 6.45) is 0. The highest BCUT2D eigenvalue weighted by Gasteiger charge is 2.06. The van der Waals surface area contributed by atoms with Crippen molar-refractivity contribution >= 4 is 16.9 Å². The first-order valence-corrected chi connectivity index (χ1v) is 4.18. The second-order valence-corrected chi connectivity index (χ2v) is 3.21. The standard InChI is InChI=1S/C11H9NO2/c1-7-5-9-6-8(11(13)14)3-4-10(9)12(7)2/h1,3-6H,2H3,(H,13,14). The zero-order valence-electron chi connectivity index (χ0n) is 7.69. The number of hydrogen-bond donors (Lipinski definition) is 1. The zero-order valence-corrected chi connectivity index (χ0v) is 7.69. The van der Waals surface area contributed by atoms with Crippen LogP contribution in [0.1, 0.15) is 16.1 Å². The molecule has 0 saturated carbocycles. The van der Waals surface area contributed by atoms with Crippen molar-refractivity contribution in [2.24, 2.45) is 7.05 Å². The molecule has 0 aliphatic heterocycles. The van der Waals surface area contributed by atoms with E-state index < -0.39 is 5.97 Å². The molecule has 0 amide bonds. The van der Waals surface area contributed by atoms with Gasteiger partial charge in [-0.25, -0.2) is 4.79 Å². The monoisotopic (exact) mass is 187 g/mol. The second-order valence-electron chi connectivity index (χ2n) is 3.21. The largest absolute Gasteiger partial charge is 0.478 e. The predicted octanol–water partition coefficient (Wildman–Crippen LogP) is 1.94. The van der Waals surface area contributed by atoms with Crippen LogP contribution in [0.5, 0.6) is 0 Å². The molecule has 3 nitrogen and oxygen atoms in total. The average Bonchev–Trinajstić information content (AvgIpc) is 2.42. The second kappa shape index (κ2) is 2.87.